The Hall–Kier alpha value is -1.22. The molecule has 3 heteroatoms. The lowest BCUT2D eigenvalue weighted by Crippen LogP contribution is -2.22. The molecule has 1 aliphatic rings. The SMILES string of the molecule is NC1(CCc2cccc(O)c2O)CC1. The molecule has 1 aromatic carbocycles. The number of rotatable bonds is 3. The maximum Gasteiger partial charge on any atom is 0.160 e. The van der Waals surface area contributed by atoms with Gasteiger partial charge in [0.2, 0.25) is 0 Å². The Morgan fingerprint density at radius 2 is 2.00 bits per heavy atom. The highest BCUT2D eigenvalue weighted by Crippen LogP contribution is 2.38. The average Bonchev–Trinajstić information content (AvgIpc) is 2.88. The van der Waals surface area contributed by atoms with Crippen molar-refractivity contribution in [2.45, 2.75) is 31.2 Å². The van der Waals surface area contributed by atoms with Crippen LogP contribution in [-0.4, -0.2) is 15.8 Å². The van der Waals surface area contributed by atoms with E-state index in [2.05, 4.69) is 0 Å². The molecule has 0 aromatic heterocycles. The highest BCUT2D eigenvalue weighted by Gasteiger charge is 2.37. The molecule has 0 bridgehead atoms. The van der Waals surface area contributed by atoms with E-state index in [9.17, 15) is 10.2 Å². The predicted octanol–water partition coefficient (Wildman–Crippen LogP) is 1.52. The van der Waals surface area contributed by atoms with E-state index in [-0.39, 0.29) is 17.0 Å². The van der Waals surface area contributed by atoms with Crippen LogP contribution in [0.25, 0.3) is 0 Å². The summed E-state index contributed by atoms with van der Waals surface area (Å²) in [5, 5.41) is 18.8. The summed E-state index contributed by atoms with van der Waals surface area (Å²) in [6.07, 6.45) is 3.76. The fourth-order valence-electron chi connectivity index (χ4n) is 1.57. The minimum atomic E-state index is -0.0515. The van der Waals surface area contributed by atoms with Crippen LogP contribution < -0.4 is 5.73 Å². The first-order chi connectivity index (χ1) is 6.61. The third-order valence-corrected chi connectivity index (χ3v) is 2.88. The molecule has 1 saturated carbocycles. The van der Waals surface area contributed by atoms with Gasteiger partial charge in [0.15, 0.2) is 11.5 Å². The van der Waals surface area contributed by atoms with Crippen LogP contribution in [0, 0.1) is 0 Å². The van der Waals surface area contributed by atoms with Crippen molar-refractivity contribution in [1.29, 1.82) is 0 Å². The van der Waals surface area contributed by atoms with Crippen LogP contribution in [0.2, 0.25) is 0 Å². The van der Waals surface area contributed by atoms with E-state index >= 15 is 0 Å². The second-order valence-corrected chi connectivity index (χ2v) is 4.15. The summed E-state index contributed by atoms with van der Waals surface area (Å²) in [6, 6.07) is 5.04. The lowest BCUT2D eigenvalue weighted by molar-refractivity contribution is 0.398. The van der Waals surface area contributed by atoms with E-state index in [0.717, 1.165) is 31.2 Å². The molecule has 1 aromatic rings. The number of nitrogens with two attached hydrogens (primary N) is 1. The van der Waals surface area contributed by atoms with Crippen molar-refractivity contribution < 1.29 is 10.2 Å². The lowest BCUT2D eigenvalue weighted by atomic mass is 10.0. The van der Waals surface area contributed by atoms with Crippen LogP contribution in [0.3, 0.4) is 0 Å². The first-order valence-electron chi connectivity index (χ1n) is 4.89. The number of aryl methyl sites for hydroxylation is 1. The number of hydrogen-bond donors (Lipinski definition) is 3. The maximum absolute atomic E-state index is 9.52. The maximum atomic E-state index is 9.52. The predicted molar refractivity (Wildman–Crippen MR) is 54.2 cm³/mol. The summed E-state index contributed by atoms with van der Waals surface area (Å²) in [5.74, 6) is -0.0545. The van der Waals surface area contributed by atoms with Gasteiger partial charge in [-0.05, 0) is 37.3 Å². The fourth-order valence-corrected chi connectivity index (χ4v) is 1.57. The highest BCUT2D eigenvalue weighted by atomic mass is 16.3. The first-order valence-corrected chi connectivity index (χ1v) is 4.89. The van der Waals surface area contributed by atoms with E-state index in [4.69, 9.17) is 5.73 Å². The first kappa shape index (κ1) is 9.34. The van der Waals surface area contributed by atoms with Gasteiger partial charge in [-0.2, -0.15) is 0 Å². The van der Waals surface area contributed by atoms with Gasteiger partial charge in [0.1, 0.15) is 0 Å². The van der Waals surface area contributed by atoms with Crippen LogP contribution in [-0.2, 0) is 6.42 Å². The summed E-state index contributed by atoms with van der Waals surface area (Å²) in [4.78, 5) is 0. The van der Waals surface area contributed by atoms with Gasteiger partial charge in [-0.25, -0.2) is 0 Å². The van der Waals surface area contributed by atoms with Crippen molar-refractivity contribution in [3.8, 4) is 11.5 Å². The quantitative estimate of drug-likeness (QED) is 0.638. The summed E-state index contributed by atoms with van der Waals surface area (Å²) in [5.41, 5.74) is 6.72. The topological polar surface area (TPSA) is 66.5 Å². The molecule has 3 nitrogen and oxygen atoms in total. The summed E-state index contributed by atoms with van der Waals surface area (Å²) < 4.78 is 0. The van der Waals surface area contributed by atoms with Gasteiger partial charge in [-0.15, -0.1) is 0 Å². The molecule has 0 radical (unpaired) electrons. The Morgan fingerprint density at radius 1 is 1.29 bits per heavy atom. The molecule has 0 unspecified atom stereocenters. The number of benzene rings is 1. The van der Waals surface area contributed by atoms with Gasteiger partial charge in [0.25, 0.3) is 0 Å². The van der Waals surface area contributed by atoms with E-state index in [1.165, 1.54) is 6.07 Å². The van der Waals surface area contributed by atoms with Crippen LogP contribution in [0.4, 0.5) is 0 Å². The molecular weight excluding hydrogens is 178 g/mol. The second-order valence-electron chi connectivity index (χ2n) is 4.15. The van der Waals surface area contributed by atoms with Crippen molar-refractivity contribution in [3.63, 3.8) is 0 Å². The molecule has 2 rings (SSSR count). The molecule has 4 N–H and O–H groups in total. The van der Waals surface area contributed by atoms with Crippen molar-refractivity contribution in [1.82, 2.24) is 0 Å². The smallest absolute Gasteiger partial charge is 0.160 e. The number of hydrogen-bond acceptors (Lipinski definition) is 3. The Labute approximate surface area is 83.2 Å². The molecule has 0 amide bonds. The third-order valence-electron chi connectivity index (χ3n) is 2.88. The third kappa shape index (κ3) is 1.82. The number of aromatic hydroxyl groups is 2. The zero-order valence-corrected chi connectivity index (χ0v) is 8.03. The summed E-state index contributed by atoms with van der Waals surface area (Å²) in [7, 11) is 0. The Balaban J connectivity index is 2.05. The second kappa shape index (κ2) is 3.17. The zero-order valence-electron chi connectivity index (χ0n) is 8.03. The van der Waals surface area contributed by atoms with E-state index < -0.39 is 0 Å². The van der Waals surface area contributed by atoms with E-state index in [1.807, 2.05) is 6.07 Å². The van der Waals surface area contributed by atoms with Gasteiger partial charge in [-0.1, -0.05) is 12.1 Å². The van der Waals surface area contributed by atoms with E-state index in [0.29, 0.717) is 0 Å². The van der Waals surface area contributed by atoms with E-state index in [1.54, 1.807) is 6.07 Å². The Kier molecular flexibility index (Phi) is 2.11. The Bertz CT molecular complexity index is 345. The van der Waals surface area contributed by atoms with Crippen LogP contribution in [0.5, 0.6) is 11.5 Å². The van der Waals surface area contributed by atoms with Crippen LogP contribution in [0.15, 0.2) is 18.2 Å². The number of phenolic OH excluding ortho intramolecular Hbond substituents is 2. The molecule has 1 aliphatic carbocycles. The Morgan fingerprint density at radius 3 is 2.64 bits per heavy atom. The van der Waals surface area contributed by atoms with Gasteiger partial charge in [0.05, 0.1) is 0 Å². The van der Waals surface area contributed by atoms with Crippen LogP contribution >= 0.6 is 0 Å². The molecular formula is C11H15NO2. The fraction of sp³-hybridized carbons (Fsp3) is 0.455. The summed E-state index contributed by atoms with van der Waals surface area (Å²) >= 11 is 0. The van der Waals surface area contributed by atoms with Crippen LogP contribution in [0.1, 0.15) is 24.8 Å². The minimum absolute atomic E-state index is 0.00208. The highest BCUT2D eigenvalue weighted by molar-refractivity contribution is 5.44. The molecule has 0 aliphatic heterocycles. The molecule has 0 atom stereocenters. The van der Waals surface area contributed by atoms with Crippen molar-refractivity contribution in [3.05, 3.63) is 23.8 Å². The van der Waals surface area contributed by atoms with Crippen molar-refractivity contribution in [2.24, 2.45) is 5.73 Å². The average molecular weight is 193 g/mol. The molecule has 0 heterocycles. The normalized spacial score (nSPS) is 18.1. The zero-order chi connectivity index (χ0) is 10.2. The van der Waals surface area contributed by atoms with Crippen molar-refractivity contribution >= 4 is 0 Å². The summed E-state index contributed by atoms with van der Waals surface area (Å²) in [6.45, 7) is 0. The standard InChI is InChI=1S/C11H15NO2/c12-11(6-7-11)5-4-8-2-1-3-9(13)10(8)14/h1-3,13-14H,4-7,12H2. The van der Waals surface area contributed by atoms with Gasteiger partial charge in [-0.3, -0.25) is 0 Å². The van der Waals surface area contributed by atoms with Crippen molar-refractivity contribution in [2.75, 3.05) is 0 Å². The van der Waals surface area contributed by atoms with Gasteiger partial charge < -0.3 is 15.9 Å². The molecule has 76 valence electrons. The monoisotopic (exact) mass is 193 g/mol. The van der Waals surface area contributed by atoms with Gasteiger partial charge >= 0.3 is 0 Å². The molecule has 0 saturated heterocycles. The largest absolute Gasteiger partial charge is 0.504 e. The number of para-hydroxylation sites is 1. The molecule has 14 heavy (non-hydrogen) atoms. The van der Waals surface area contributed by atoms with Gasteiger partial charge in [0, 0.05) is 5.54 Å². The molecule has 1 fully saturated rings. The molecule has 0 spiro atoms. The minimum Gasteiger partial charge on any atom is -0.504 e. The lowest BCUT2D eigenvalue weighted by Gasteiger charge is -2.09. The number of phenols is 2.